The van der Waals surface area contributed by atoms with Crippen LogP contribution in [0.15, 0.2) is 78.9 Å². The maximum Gasteiger partial charge on any atom is 0.251 e. The molecule has 3 aromatic carbocycles. The van der Waals surface area contributed by atoms with Crippen molar-refractivity contribution < 1.29 is 14.2 Å². The minimum atomic E-state index is -3.37. The zero-order chi connectivity index (χ0) is 20.1. The molecule has 0 saturated carbocycles. The molecule has 4 nitrogen and oxygen atoms in total. The van der Waals surface area contributed by atoms with E-state index in [0.29, 0.717) is 33.5 Å². The minimum absolute atomic E-state index is 0. The molecule has 1 N–H and O–H groups in total. The molecule has 0 heterocycles. The van der Waals surface area contributed by atoms with E-state index in [2.05, 4.69) is 5.32 Å². The molecule has 29 heavy (non-hydrogen) atoms. The van der Waals surface area contributed by atoms with Crippen LogP contribution in [-0.4, -0.2) is 18.7 Å². The van der Waals surface area contributed by atoms with Crippen molar-refractivity contribution >= 4 is 34.7 Å². The molecule has 0 aromatic heterocycles. The Labute approximate surface area is 172 Å². The van der Waals surface area contributed by atoms with Crippen molar-refractivity contribution in [1.29, 1.82) is 0 Å². The number of benzene rings is 3. The van der Waals surface area contributed by atoms with E-state index >= 15 is 0 Å². The number of carbonyl (C=O) groups is 2. The van der Waals surface area contributed by atoms with Crippen molar-refractivity contribution in [3.05, 3.63) is 90.0 Å². The Morgan fingerprint density at radius 1 is 0.862 bits per heavy atom. The summed E-state index contributed by atoms with van der Waals surface area (Å²) in [6, 6.07) is 23.1. The van der Waals surface area contributed by atoms with Crippen molar-refractivity contribution in [2.24, 2.45) is 0 Å². The second-order valence-electron chi connectivity index (χ2n) is 6.37. The Morgan fingerprint density at radius 3 is 1.83 bits per heavy atom. The van der Waals surface area contributed by atoms with Crippen molar-refractivity contribution in [2.75, 3.05) is 7.05 Å². The van der Waals surface area contributed by atoms with Crippen molar-refractivity contribution in [1.82, 2.24) is 5.32 Å². The lowest BCUT2D eigenvalue weighted by Gasteiger charge is -2.23. The molecule has 0 saturated heterocycles. The lowest BCUT2D eigenvalue weighted by atomic mass is 10.1. The maximum absolute atomic E-state index is 14.6. The van der Waals surface area contributed by atoms with Crippen molar-refractivity contribution in [3.63, 3.8) is 0 Å². The highest BCUT2D eigenvalue weighted by Gasteiger charge is 2.34. The summed E-state index contributed by atoms with van der Waals surface area (Å²) in [6.45, 7) is 1.78. The van der Waals surface area contributed by atoms with Crippen molar-refractivity contribution in [3.8, 4) is 0 Å². The van der Waals surface area contributed by atoms with Gasteiger partial charge in [0, 0.05) is 34.9 Å². The molecule has 0 aliphatic rings. The van der Waals surface area contributed by atoms with Crippen LogP contribution >= 0.6 is 7.14 Å². The summed E-state index contributed by atoms with van der Waals surface area (Å²) < 4.78 is 14.6. The monoisotopic (exact) mass is 407 g/mol. The lowest BCUT2D eigenvalue weighted by Crippen LogP contribution is -2.32. The average Bonchev–Trinajstić information content (AvgIpc) is 2.78. The van der Waals surface area contributed by atoms with E-state index in [1.807, 2.05) is 36.4 Å². The molecule has 0 atom stereocenters. The highest BCUT2D eigenvalue weighted by atomic mass is 31.2. The van der Waals surface area contributed by atoms with E-state index < -0.39 is 7.14 Å². The predicted octanol–water partition coefficient (Wildman–Crippen LogP) is 3.91. The molecule has 150 valence electrons. The normalized spacial score (nSPS) is 10.7. The number of amides is 1. The van der Waals surface area contributed by atoms with Crippen LogP contribution in [0.4, 0.5) is 0 Å². The molecular weight excluding hydrogens is 381 g/mol. The van der Waals surface area contributed by atoms with Gasteiger partial charge < -0.3 is 9.88 Å². The fraction of sp³-hybridized carbons (Fsp3) is 0.167. The molecule has 5 heteroatoms. The second kappa shape index (κ2) is 9.49. The molecule has 0 spiro atoms. The maximum atomic E-state index is 14.6. The zero-order valence-corrected chi connectivity index (χ0v) is 16.8. The van der Waals surface area contributed by atoms with Gasteiger partial charge in [0.2, 0.25) is 0 Å². The number of nitrogens with one attached hydrogen (secondary N) is 1. The summed E-state index contributed by atoms with van der Waals surface area (Å²) in [5.74, 6) is -0.394. The van der Waals surface area contributed by atoms with E-state index in [1.54, 1.807) is 49.4 Å². The van der Waals surface area contributed by atoms with Gasteiger partial charge in [-0.1, -0.05) is 81.1 Å². The van der Waals surface area contributed by atoms with Crippen LogP contribution in [0.3, 0.4) is 0 Å². The number of Topliss-reactive ketones (excluding diaryl/α,β-unsaturated/α-hetero) is 1. The van der Waals surface area contributed by atoms with E-state index in [0.717, 1.165) is 0 Å². The molecule has 0 radical (unpaired) electrons. The highest BCUT2D eigenvalue weighted by molar-refractivity contribution is 7.85. The summed E-state index contributed by atoms with van der Waals surface area (Å²) in [7, 11) is -1.84. The number of hydrogen-bond acceptors (Lipinski definition) is 3. The van der Waals surface area contributed by atoms with Crippen LogP contribution in [0.25, 0.3) is 0 Å². The summed E-state index contributed by atoms with van der Waals surface area (Å²) in [4.78, 5) is 24.9. The van der Waals surface area contributed by atoms with Gasteiger partial charge in [-0.3, -0.25) is 9.59 Å². The van der Waals surface area contributed by atoms with Gasteiger partial charge in [-0.05, 0) is 12.1 Å². The Balaban J connectivity index is 0.00000300. The van der Waals surface area contributed by atoms with Gasteiger partial charge in [-0.25, -0.2) is 0 Å². The fourth-order valence-electron chi connectivity index (χ4n) is 3.20. The molecule has 0 aliphatic heterocycles. The Bertz CT molecular complexity index is 1000. The van der Waals surface area contributed by atoms with Crippen LogP contribution < -0.4 is 21.2 Å². The smallest absolute Gasteiger partial charge is 0.251 e. The SMILES string of the molecule is C.CCC(=O)c1ccc(C(=O)NC)c(P(=O)(c2ccccc2)c2ccccc2)c1. The van der Waals surface area contributed by atoms with Crippen molar-refractivity contribution in [2.45, 2.75) is 20.8 Å². The molecule has 3 rings (SSSR count). The molecule has 0 bridgehead atoms. The quantitative estimate of drug-likeness (QED) is 0.498. The standard InChI is InChI=1S/C23H22NO3P.CH4/c1-3-21(25)17-14-15-20(23(26)24-2)22(16-17)28(27,18-10-6-4-7-11-18)19-12-8-5-9-13-19;/h4-16H,3H2,1-2H3,(H,24,26);1H4. The van der Waals surface area contributed by atoms with E-state index in [-0.39, 0.29) is 19.1 Å². The zero-order valence-electron chi connectivity index (χ0n) is 15.9. The third-order valence-corrected chi connectivity index (χ3v) is 7.79. The topological polar surface area (TPSA) is 63.2 Å². The predicted molar refractivity (Wildman–Crippen MR) is 121 cm³/mol. The van der Waals surface area contributed by atoms with Gasteiger partial charge >= 0.3 is 0 Å². The van der Waals surface area contributed by atoms with Gasteiger partial charge in [0.05, 0.1) is 5.56 Å². The van der Waals surface area contributed by atoms with Gasteiger partial charge in [0.25, 0.3) is 5.91 Å². The molecule has 0 aliphatic carbocycles. The fourth-order valence-corrected chi connectivity index (χ4v) is 6.07. The third-order valence-electron chi connectivity index (χ3n) is 4.69. The van der Waals surface area contributed by atoms with Crippen LogP contribution in [0.5, 0.6) is 0 Å². The third kappa shape index (κ3) is 4.23. The highest BCUT2D eigenvalue weighted by Crippen LogP contribution is 2.43. The van der Waals surface area contributed by atoms with Gasteiger partial charge in [0.15, 0.2) is 12.9 Å². The Kier molecular flexibility index (Phi) is 7.30. The Hall–Kier alpha value is -2.97. The first-order valence-corrected chi connectivity index (χ1v) is 10.8. The number of ketones is 1. The lowest BCUT2D eigenvalue weighted by molar-refractivity contribution is 0.0959. The minimum Gasteiger partial charge on any atom is -0.355 e. The number of rotatable bonds is 6. The first-order chi connectivity index (χ1) is 13.5. The van der Waals surface area contributed by atoms with E-state index in [9.17, 15) is 14.2 Å². The first-order valence-electron chi connectivity index (χ1n) is 9.13. The molecule has 3 aromatic rings. The molecule has 0 fully saturated rings. The molecule has 1 amide bonds. The van der Waals surface area contributed by atoms with Crippen LogP contribution in [0.2, 0.25) is 0 Å². The summed E-state index contributed by atoms with van der Waals surface area (Å²) >= 11 is 0. The molecular formula is C24H26NO3P. The van der Waals surface area contributed by atoms with Crippen LogP contribution in [0.1, 0.15) is 41.5 Å². The second-order valence-corrected chi connectivity index (χ2v) is 9.10. The molecule has 0 unspecified atom stereocenters. The van der Waals surface area contributed by atoms with Crippen LogP contribution in [0, 0.1) is 0 Å². The van der Waals surface area contributed by atoms with E-state index in [1.165, 1.54) is 7.05 Å². The number of hydrogen-bond donors (Lipinski definition) is 1. The number of carbonyl (C=O) groups excluding carboxylic acids is 2. The van der Waals surface area contributed by atoms with Gasteiger partial charge in [-0.2, -0.15) is 0 Å². The van der Waals surface area contributed by atoms with Gasteiger partial charge in [0.1, 0.15) is 0 Å². The Morgan fingerprint density at radius 2 is 1.38 bits per heavy atom. The summed E-state index contributed by atoms with van der Waals surface area (Å²) in [5.41, 5.74) is 0.767. The summed E-state index contributed by atoms with van der Waals surface area (Å²) in [6.07, 6.45) is 0.333. The van der Waals surface area contributed by atoms with E-state index in [4.69, 9.17) is 0 Å². The first kappa shape index (κ1) is 22.3. The van der Waals surface area contributed by atoms with Gasteiger partial charge in [-0.15, -0.1) is 0 Å². The summed E-state index contributed by atoms with van der Waals surface area (Å²) in [5, 5.41) is 4.23. The van der Waals surface area contributed by atoms with Crippen LogP contribution in [-0.2, 0) is 4.57 Å². The average molecular weight is 407 g/mol. The largest absolute Gasteiger partial charge is 0.355 e.